The Bertz CT molecular complexity index is 956. The highest BCUT2D eigenvalue weighted by Gasteiger charge is 2.53. The Labute approximate surface area is 175 Å². The molecule has 2 aromatic carbocycles. The van der Waals surface area contributed by atoms with E-state index in [1.807, 2.05) is 24.3 Å². The molecule has 5 nitrogen and oxygen atoms in total. The molecule has 152 valence electrons. The van der Waals surface area contributed by atoms with Gasteiger partial charge in [-0.3, -0.25) is 10.1 Å². The second kappa shape index (κ2) is 7.99. The standard InChI is InChI=1S/C23H24ClNO4/c1-23(2,3)21-19(15-7-9-16(24)10-8-15)20(21)18(22(26)29-4)13-14-5-11-17(12-6-14)25(27)28/h5-12,19,21H,13H2,1-4H3/b20-18-/t19-,21+/m0/s1. The molecule has 0 unspecified atom stereocenters. The molecule has 0 amide bonds. The van der Waals surface area contributed by atoms with E-state index in [2.05, 4.69) is 20.8 Å². The highest BCUT2D eigenvalue weighted by Crippen LogP contribution is 2.63. The van der Waals surface area contributed by atoms with Crippen LogP contribution in [0.2, 0.25) is 5.02 Å². The minimum atomic E-state index is -0.434. The molecule has 3 rings (SSSR count). The molecular weight excluding hydrogens is 390 g/mol. The maximum absolute atomic E-state index is 12.7. The summed E-state index contributed by atoms with van der Waals surface area (Å²) in [6, 6.07) is 14.0. The van der Waals surface area contributed by atoms with E-state index in [4.69, 9.17) is 16.3 Å². The summed E-state index contributed by atoms with van der Waals surface area (Å²) in [7, 11) is 1.38. The smallest absolute Gasteiger partial charge is 0.334 e. The van der Waals surface area contributed by atoms with Gasteiger partial charge in [-0.1, -0.05) is 56.6 Å². The number of allylic oxidation sites excluding steroid dienone is 1. The number of halogens is 1. The Balaban J connectivity index is 2.03. The first-order chi connectivity index (χ1) is 13.6. The van der Waals surface area contributed by atoms with Crippen molar-refractivity contribution in [1.29, 1.82) is 0 Å². The van der Waals surface area contributed by atoms with E-state index in [9.17, 15) is 14.9 Å². The number of nitrogens with zero attached hydrogens (tertiary/aromatic N) is 1. The molecule has 0 radical (unpaired) electrons. The Kier molecular flexibility index (Phi) is 5.80. The van der Waals surface area contributed by atoms with Crippen LogP contribution in [0.15, 0.2) is 59.7 Å². The van der Waals surface area contributed by atoms with Crippen LogP contribution in [0.4, 0.5) is 5.69 Å². The van der Waals surface area contributed by atoms with E-state index >= 15 is 0 Å². The van der Waals surface area contributed by atoms with Crippen LogP contribution in [0.1, 0.15) is 37.8 Å². The summed E-state index contributed by atoms with van der Waals surface area (Å²) in [5, 5.41) is 11.6. The number of non-ortho nitro benzene ring substituents is 1. The quantitative estimate of drug-likeness (QED) is 0.272. The maximum atomic E-state index is 12.7. The lowest BCUT2D eigenvalue weighted by Crippen LogP contribution is -2.12. The summed E-state index contributed by atoms with van der Waals surface area (Å²) >= 11 is 6.04. The lowest BCUT2D eigenvalue weighted by Gasteiger charge is -2.18. The zero-order chi connectivity index (χ0) is 21.3. The molecule has 1 aliphatic rings. The third-order valence-electron chi connectivity index (χ3n) is 5.36. The molecule has 0 aliphatic heterocycles. The van der Waals surface area contributed by atoms with Crippen LogP contribution in [0.25, 0.3) is 0 Å². The first-order valence-corrected chi connectivity index (χ1v) is 9.81. The molecule has 2 atom stereocenters. The van der Waals surface area contributed by atoms with Crippen molar-refractivity contribution in [3.05, 3.63) is 85.9 Å². The molecule has 0 bridgehead atoms. The van der Waals surface area contributed by atoms with Crippen molar-refractivity contribution in [3.8, 4) is 0 Å². The SMILES string of the molecule is COC(=O)/C(Cc1ccc([N+](=O)[O-])cc1)=C1/[C@H](c2ccc(Cl)cc2)[C@H]1C(C)(C)C. The Morgan fingerprint density at radius 1 is 1.10 bits per heavy atom. The molecule has 6 heteroatoms. The van der Waals surface area contributed by atoms with E-state index in [1.54, 1.807) is 12.1 Å². The number of carbonyl (C=O) groups excluding carboxylic acids is 1. The molecule has 1 saturated carbocycles. The van der Waals surface area contributed by atoms with Crippen LogP contribution in [0.5, 0.6) is 0 Å². The van der Waals surface area contributed by atoms with Gasteiger partial charge in [0.05, 0.1) is 12.0 Å². The van der Waals surface area contributed by atoms with Gasteiger partial charge in [0.25, 0.3) is 5.69 Å². The molecule has 0 spiro atoms. The third kappa shape index (κ3) is 4.51. The van der Waals surface area contributed by atoms with Crippen molar-refractivity contribution < 1.29 is 14.5 Å². The fraction of sp³-hybridized carbons (Fsp3) is 0.348. The monoisotopic (exact) mass is 413 g/mol. The fourth-order valence-electron chi connectivity index (χ4n) is 4.00. The Morgan fingerprint density at radius 3 is 2.17 bits per heavy atom. The Hall–Kier alpha value is -2.66. The average molecular weight is 414 g/mol. The predicted molar refractivity (Wildman–Crippen MR) is 113 cm³/mol. The minimum Gasteiger partial charge on any atom is -0.466 e. The topological polar surface area (TPSA) is 69.4 Å². The third-order valence-corrected chi connectivity index (χ3v) is 5.62. The average Bonchev–Trinajstić information content (AvgIpc) is 3.42. The van der Waals surface area contributed by atoms with Gasteiger partial charge in [-0.15, -0.1) is 0 Å². The predicted octanol–water partition coefficient (Wildman–Crippen LogP) is 5.72. The van der Waals surface area contributed by atoms with Gasteiger partial charge in [0.15, 0.2) is 0 Å². The van der Waals surface area contributed by atoms with Gasteiger partial charge in [-0.05, 0) is 40.2 Å². The van der Waals surface area contributed by atoms with Crippen molar-refractivity contribution in [2.75, 3.05) is 7.11 Å². The van der Waals surface area contributed by atoms with E-state index in [1.165, 1.54) is 19.2 Å². The van der Waals surface area contributed by atoms with Gasteiger partial charge in [0.1, 0.15) is 0 Å². The van der Waals surface area contributed by atoms with Crippen LogP contribution in [-0.4, -0.2) is 18.0 Å². The minimum absolute atomic E-state index is 0.0269. The van der Waals surface area contributed by atoms with Crippen LogP contribution in [0.3, 0.4) is 0 Å². The van der Waals surface area contributed by atoms with Crippen LogP contribution < -0.4 is 0 Å². The summed E-state index contributed by atoms with van der Waals surface area (Å²) in [5.74, 6) is -0.0284. The van der Waals surface area contributed by atoms with Crippen LogP contribution in [-0.2, 0) is 16.0 Å². The van der Waals surface area contributed by atoms with Crippen molar-refractivity contribution in [2.45, 2.75) is 33.1 Å². The highest BCUT2D eigenvalue weighted by molar-refractivity contribution is 6.30. The molecule has 2 aromatic rings. The molecule has 29 heavy (non-hydrogen) atoms. The maximum Gasteiger partial charge on any atom is 0.334 e. The van der Waals surface area contributed by atoms with Gasteiger partial charge in [0, 0.05) is 35.1 Å². The van der Waals surface area contributed by atoms with E-state index in [0.29, 0.717) is 17.0 Å². The second-order valence-corrected chi connectivity index (χ2v) is 8.84. The first kappa shape index (κ1) is 21.1. The summed E-state index contributed by atoms with van der Waals surface area (Å²) in [6.45, 7) is 6.48. The van der Waals surface area contributed by atoms with E-state index in [0.717, 1.165) is 16.7 Å². The van der Waals surface area contributed by atoms with Gasteiger partial charge in [-0.25, -0.2) is 4.79 Å². The van der Waals surface area contributed by atoms with Gasteiger partial charge < -0.3 is 4.74 Å². The van der Waals surface area contributed by atoms with Crippen LogP contribution in [0, 0.1) is 21.4 Å². The summed E-state index contributed by atoms with van der Waals surface area (Å²) in [4.78, 5) is 23.1. The number of nitro groups is 1. The van der Waals surface area contributed by atoms with Gasteiger partial charge >= 0.3 is 5.97 Å². The first-order valence-electron chi connectivity index (χ1n) is 9.43. The van der Waals surface area contributed by atoms with Crippen molar-refractivity contribution in [2.24, 2.45) is 11.3 Å². The number of esters is 1. The fourth-order valence-corrected chi connectivity index (χ4v) is 4.13. The highest BCUT2D eigenvalue weighted by atomic mass is 35.5. The number of rotatable bonds is 5. The largest absolute Gasteiger partial charge is 0.466 e. The number of carbonyl (C=O) groups is 1. The molecule has 1 aliphatic carbocycles. The number of ether oxygens (including phenoxy) is 1. The number of hydrogen-bond donors (Lipinski definition) is 0. The van der Waals surface area contributed by atoms with E-state index < -0.39 is 4.92 Å². The lowest BCUT2D eigenvalue weighted by atomic mass is 9.87. The summed E-state index contributed by atoms with van der Waals surface area (Å²) in [5.41, 5.74) is 3.65. The van der Waals surface area contributed by atoms with Gasteiger partial charge in [-0.2, -0.15) is 0 Å². The van der Waals surface area contributed by atoms with Crippen molar-refractivity contribution >= 4 is 23.3 Å². The lowest BCUT2D eigenvalue weighted by molar-refractivity contribution is -0.384. The number of nitro benzene ring substituents is 1. The molecule has 0 N–H and O–H groups in total. The van der Waals surface area contributed by atoms with Crippen molar-refractivity contribution in [3.63, 3.8) is 0 Å². The zero-order valence-electron chi connectivity index (χ0n) is 16.9. The number of hydrogen-bond acceptors (Lipinski definition) is 4. The normalized spacial score (nSPS) is 20.2. The van der Waals surface area contributed by atoms with E-state index in [-0.39, 0.29) is 28.9 Å². The molecular formula is C23H24ClNO4. The molecule has 0 aromatic heterocycles. The molecule has 0 saturated heterocycles. The summed E-state index contributed by atoms with van der Waals surface area (Å²) in [6.07, 6.45) is 0.372. The number of benzene rings is 2. The Morgan fingerprint density at radius 2 is 1.69 bits per heavy atom. The number of methoxy groups -OCH3 is 1. The second-order valence-electron chi connectivity index (χ2n) is 8.40. The van der Waals surface area contributed by atoms with Crippen LogP contribution >= 0.6 is 11.6 Å². The summed E-state index contributed by atoms with van der Waals surface area (Å²) < 4.78 is 5.09. The molecule has 0 heterocycles. The van der Waals surface area contributed by atoms with Gasteiger partial charge in [0.2, 0.25) is 0 Å². The molecule has 1 fully saturated rings. The van der Waals surface area contributed by atoms with Crippen molar-refractivity contribution in [1.82, 2.24) is 0 Å². The zero-order valence-corrected chi connectivity index (χ0v) is 17.7.